The number of nitrogens with one attached hydrogen (secondary N) is 1. The van der Waals surface area contributed by atoms with Crippen LogP contribution < -0.4 is 5.32 Å². The summed E-state index contributed by atoms with van der Waals surface area (Å²) < 4.78 is 0. The predicted molar refractivity (Wildman–Crippen MR) is 100 cm³/mol. The van der Waals surface area contributed by atoms with Crippen molar-refractivity contribution in [1.82, 2.24) is 14.9 Å². The molecule has 0 spiro atoms. The summed E-state index contributed by atoms with van der Waals surface area (Å²) in [7, 11) is 0. The van der Waals surface area contributed by atoms with Gasteiger partial charge < -0.3 is 10.2 Å². The highest BCUT2D eigenvalue weighted by atomic mass is 35.5. The Kier molecular flexibility index (Phi) is 6.10. The fraction of sp³-hybridized carbons (Fsp3) is 0.389. The topological polar surface area (TPSA) is 58.1 Å². The molecule has 1 aromatic heterocycles. The second-order valence-electron chi connectivity index (χ2n) is 6.03. The molecular weight excluding hydrogens is 359 g/mol. The van der Waals surface area contributed by atoms with E-state index >= 15 is 0 Å². The van der Waals surface area contributed by atoms with Crippen LogP contribution >= 0.6 is 23.2 Å². The quantitative estimate of drug-likeness (QED) is 0.851. The Morgan fingerprint density at radius 3 is 2.72 bits per heavy atom. The molecule has 0 atom stereocenters. The van der Waals surface area contributed by atoms with Crippen LogP contribution in [0.2, 0.25) is 10.0 Å². The van der Waals surface area contributed by atoms with E-state index < -0.39 is 0 Å². The lowest BCUT2D eigenvalue weighted by Crippen LogP contribution is -2.36. The van der Waals surface area contributed by atoms with Gasteiger partial charge in [0.15, 0.2) is 0 Å². The highest BCUT2D eigenvalue weighted by Gasteiger charge is 2.19. The highest BCUT2D eigenvalue weighted by Crippen LogP contribution is 2.21. The number of likely N-dealkylation sites (tertiary alicyclic amines) is 1. The summed E-state index contributed by atoms with van der Waals surface area (Å²) in [5.41, 5.74) is 1.43. The van der Waals surface area contributed by atoms with Crippen molar-refractivity contribution >= 4 is 35.1 Å². The summed E-state index contributed by atoms with van der Waals surface area (Å²) in [5.74, 6) is 0.429. The zero-order valence-corrected chi connectivity index (χ0v) is 15.4. The molecule has 7 heteroatoms. The van der Waals surface area contributed by atoms with Gasteiger partial charge in [-0.25, -0.2) is 9.97 Å². The summed E-state index contributed by atoms with van der Waals surface area (Å²) in [6.07, 6.45) is 5.63. The van der Waals surface area contributed by atoms with E-state index in [2.05, 4.69) is 15.3 Å². The van der Waals surface area contributed by atoms with Crippen LogP contribution in [0.5, 0.6) is 0 Å². The van der Waals surface area contributed by atoms with Gasteiger partial charge in [0, 0.05) is 35.9 Å². The number of hydrogen-bond acceptors (Lipinski definition) is 4. The molecule has 1 aliphatic heterocycles. The average Bonchev–Trinajstić information content (AvgIpc) is 2.64. The molecule has 0 radical (unpaired) electrons. The SMILES string of the molecule is O=C(c1ccnc(NCCc2ccc(Cl)cc2Cl)n1)N1CCCCC1. The molecule has 1 aromatic carbocycles. The maximum absolute atomic E-state index is 12.5. The first-order valence-electron chi connectivity index (χ1n) is 8.43. The molecule has 5 nitrogen and oxygen atoms in total. The van der Waals surface area contributed by atoms with Gasteiger partial charge in [0.2, 0.25) is 5.95 Å². The van der Waals surface area contributed by atoms with Gasteiger partial charge in [-0.15, -0.1) is 0 Å². The Morgan fingerprint density at radius 2 is 1.96 bits per heavy atom. The van der Waals surface area contributed by atoms with Gasteiger partial charge in [0.05, 0.1) is 0 Å². The van der Waals surface area contributed by atoms with E-state index in [0.29, 0.717) is 34.7 Å². The minimum absolute atomic E-state index is 0.0223. The molecule has 1 amide bonds. The third-order valence-corrected chi connectivity index (χ3v) is 4.80. The summed E-state index contributed by atoms with van der Waals surface area (Å²) in [6, 6.07) is 7.12. The summed E-state index contributed by atoms with van der Waals surface area (Å²) in [6.45, 7) is 2.23. The van der Waals surface area contributed by atoms with E-state index in [0.717, 1.165) is 31.5 Å². The number of nitrogens with zero attached hydrogens (tertiary/aromatic N) is 3. The molecule has 132 valence electrons. The number of anilines is 1. The Labute approximate surface area is 157 Å². The summed E-state index contributed by atoms with van der Waals surface area (Å²) in [4.78, 5) is 22.9. The molecule has 1 N–H and O–H groups in total. The first-order chi connectivity index (χ1) is 12.1. The molecule has 25 heavy (non-hydrogen) atoms. The Hall–Kier alpha value is -1.85. The minimum atomic E-state index is -0.0223. The number of benzene rings is 1. The fourth-order valence-electron chi connectivity index (χ4n) is 2.86. The lowest BCUT2D eigenvalue weighted by Gasteiger charge is -2.26. The Morgan fingerprint density at radius 1 is 1.16 bits per heavy atom. The zero-order chi connectivity index (χ0) is 17.6. The standard InChI is InChI=1S/C18H20Cl2N4O/c19-14-5-4-13(15(20)12-14)6-8-21-18-22-9-7-16(23-18)17(25)24-10-2-1-3-11-24/h4-5,7,9,12H,1-3,6,8,10-11H2,(H,21,22,23). The van der Waals surface area contributed by atoms with Crippen molar-refractivity contribution in [3.05, 3.63) is 51.8 Å². The molecule has 1 fully saturated rings. The van der Waals surface area contributed by atoms with E-state index in [-0.39, 0.29) is 5.91 Å². The van der Waals surface area contributed by atoms with Crippen molar-refractivity contribution in [3.8, 4) is 0 Å². The summed E-state index contributed by atoms with van der Waals surface area (Å²) in [5, 5.41) is 4.41. The second kappa shape index (κ2) is 8.50. The number of aromatic nitrogens is 2. The van der Waals surface area contributed by atoms with Crippen LogP contribution in [0.3, 0.4) is 0 Å². The zero-order valence-electron chi connectivity index (χ0n) is 13.8. The van der Waals surface area contributed by atoms with Crippen LogP contribution in [0.15, 0.2) is 30.5 Å². The van der Waals surface area contributed by atoms with Gasteiger partial charge in [-0.05, 0) is 49.4 Å². The van der Waals surface area contributed by atoms with Gasteiger partial charge >= 0.3 is 0 Å². The molecule has 0 unspecified atom stereocenters. The number of hydrogen-bond donors (Lipinski definition) is 1. The molecule has 1 saturated heterocycles. The van der Waals surface area contributed by atoms with Crippen molar-refractivity contribution < 1.29 is 4.79 Å². The van der Waals surface area contributed by atoms with E-state index in [9.17, 15) is 4.79 Å². The number of halogens is 2. The van der Waals surface area contributed by atoms with Crippen LogP contribution in [-0.2, 0) is 6.42 Å². The number of amides is 1. The highest BCUT2D eigenvalue weighted by molar-refractivity contribution is 6.35. The molecule has 0 saturated carbocycles. The van der Waals surface area contributed by atoms with Gasteiger partial charge in [0.1, 0.15) is 5.69 Å². The van der Waals surface area contributed by atoms with Gasteiger partial charge in [-0.1, -0.05) is 29.3 Å². The minimum Gasteiger partial charge on any atom is -0.354 e. The molecule has 1 aliphatic rings. The second-order valence-corrected chi connectivity index (χ2v) is 6.87. The van der Waals surface area contributed by atoms with Crippen LogP contribution in [0.1, 0.15) is 35.3 Å². The van der Waals surface area contributed by atoms with E-state index in [1.165, 1.54) is 6.42 Å². The Bertz CT molecular complexity index is 748. The molecule has 3 rings (SSSR count). The van der Waals surface area contributed by atoms with Crippen LogP contribution in [0.25, 0.3) is 0 Å². The van der Waals surface area contributed by atoms with Crippen molar-refractivity contribution in [1.29, 1.82) is 0 Å². The van der Waals surface area contributed by atoms with Gasteiger partial charge in [0.25, 0.3) is 5.91 Å². The lowest BCUT2D eigenvalue weighted by atomic mass is 10.1. The van der Waals surface area contributed by atoms with Crippen LogP contribution in [0.4, 0.5) is 5.95 Å². The number of carbonyl (C=O) groups excluding carboxylic acids is 1. The van der Waals surface area contributed by atoms with Crippen molar-refractivity contribution in [3.63, 3.8) is 0 Å². The lowest BCUT2D eigenvalue weighted by molar-refractivity contribution is 0.0718. The normalized spacial score (nSPS) is 14.4. The molecule has 0 aliphatic carbocycles. The number of carbonyl (C=O) groups is 1. The van der Waals surface area contributed by atoms with Crippen LogP contribution in [0, 0.1) is 0 Å². The van der Waals surface area contributed by atoms with E-state index in [1.807, 2.05) is 17.0 Å². The molecule has 0 bridgehead atoms. The van der Waals surface area contributed by atoms with Gasteiger partial charge in [-0.3, -0.25) is 4.79 Å². The monoisotopic (exact) mass is 378 g/mol. The van der Waals surface area contributed by atoms with Crippen LogP contribution in [-0.4, -0.2) is 40.4 Å². The fourth-order valence-corrected chi connectivity index (χ4v) is 3.36. The van der Waals surface area contributed by atoms with Crippen molar-refractivity contribution in [2.75, 3.05) is 25.0 Å². The molecule has 2 aromatic rings. The van der Waals surface area contributed by atoms with Crippen molar-refractivity contribution in [2.45, 2.75) is 25.7 Å². The molecular formula is C18H20Cl2N4O. The van der Waals surface area contributed by atoms with Crippen molar-refractivity contribution in [2.24, 2.45) is 0 Å². The maximum atomic E-state index is 12.5. The predicted octanol–water partition coefficient (Wildman–Crippen LogP) is 4.06. The van der Waals surface area contributed by atoms with E-state index in [1.54, 1.807) is 18.3 Å². The third-order valence-electron chi connectivity index (χ3n) is 4.21. The maximum Gasteiger partial charge on any atom is 0.272 e. The number of rotatable bonds is 5. The van der Waals surface area contributed by atoms with Gasteiger partial charge in [-0.2, -0.15) is 0 Å². The number of piperidine rings is 1. The molecule has 2 heterocycles. The first kappa shape index (κ1) is 18.0. The first-order valence-corrected chi connectivity index (χ1v) is 9.19. The summed E-state index contributed by atoms with van der Waals surface area (Å²) >= 11 is 12.1. The average molecular weight is 379 g/mol. The van der Waals surface area contributed by atoms with E-state index in [4.69, 9.17) is 23.2 Å². The Balaban J connectivity index is 1.58. The third kappa shape index (κ3) is 4.83. The largest absolute Gasteiger partial charge is 0.354 e. The smallest absolute Gasteiger partial charge is 0.272 e.